The second-order valence-electron chi connectivity index (χ2n) is 3.23. The highest BCUT2D eigenvalue weighted by Crippen LogP contribution is 1.97. The number of para-hydroxylation sites is 1. The van der Waals surface area contributed by atoms with Gasteiger partial charge < -0.3 is 11.1 Å². The summed E-state index contributed by atoms with van der Waals surface area (Å²) in [6, 6.07) is 10.1. The monoisotopic (exact) mass is 179 g/mol. The molecule has 0 heterocycles. The molecule has 0 aliphatic rings. The van der Waals surface area contributed by atoms with Crippen LogP contribution in [0.15, 0.2) is 30.3 Å². The van der Waals surface area contributed by atoms with Crippen molar-refractivity contribution in [3.05, 3.63) is 30.3 Å². The van der Waals surface area contributed by atoms with Crippen LogP contribution in [0.25, 0.3) is 0 Å². The maximum atomic E-state index is 10.6. The van der Waals surface area contributed by atoms with Crippen molar-refractivity contribution >= 4 is 11.6 Å². The van der Waals surface area contributed by atoms with Crippen molar-refractivity contribution in [2.45, 2.75) is 19.4 Å². The number of nitrogens with two attached hydrogens (primary N) is 2. The lowest BCUT2D eigenvalue weighted by molar-refractivity contribution is -0.606. The van der Waals surface area contributed by atoms with Gasteiger partial charge in [-0.1, -0.05) is 18.2 Å². The van der Waals surface area contributed by atoms with E-state index in [1.165, 1.54) is 0 Å². The van der Waals surface area contributed by atoms with Crippen LogP contribution in [0.1, 0.15) is 13.3 Å². The van der Waals surface area contributed by atoms with E-state index in [0.29, 0.717) is 6.42 Å². The van der Waals surface area contributed by atoms with Gasteiger partial charge in [-0.2, -0.15) is 0 Å². The van der Waals surface area contributed by atoms with Crippen LogP contribution < -0.4 is 11.1 Å². The van der Waals surface area contributed by atoms with Crippen LogP contribution in [-0.2, 0) is 4.79 Å². The van der Waals surface area contributed by atoms with Crippen LogP contribution in [-0.4, -0.2) is 11.9 Å². The van der Waals surface area contributed by atoms with Crippen LogP contribution in [0.3, 0.4) is 0 Å². The minimum absolute atomic E-state index is 0.208. The normalized spacial score (nSPS) is 12.4. The van der Waals surface area contributed by atoms with Crippen molar-refractivity contribution in [2.24, 2.45) is 5.73 Å². The highest BCUT2D eigenvalue weighted by molar-refractivity contribution is 5.74. The number of hydrogen-bond acceptors (Lipinski definition) is 1. The molecule has 1 rings (SSSR count). The van der Waals surface area contributed by atoms with Crippen LogP contribution in [0.4, 0.5) is 5.69 Å². The molecule has 13 heavy (non-hydrogen) atoms. The molecule has 0 aromatic heterocycles. The second kappa shape index (κ2) is 4.62. The summed E-state index contributed by atoms with van der Waals surface area (Å²) in [5, 5.41) is 2.05. The number of primary amides is 1. The number of carbonyl (C=O) groups excluding carboxylic acids is 1. The summed E-state index contributed by atoms with van der Waals surface area (Å²) in [5.74, 6) is -0.250. The fraction of sp³-hybridized carbons (Fsp3) is 0.300. The van der Waals surface area contributed by atoms with Crippen molar-refractivity contribution in [2.75, 3.05) is 0 Å². The largest absolute Gasteiger partial charge is 0.369 e. The third kappa shape index (κ3) is 3.71. The number of carbonyl (C=O) groups is 1. The topological polar surface area (TPSA) is 59.7 Å². The molecule has 1 atom stereocenters. The Kier molecular flexibility index (Phi) is 3.46. The van der Waals surface area contributed by atoms with E-state index in [0.717, 1.165) is 5.69 Å². The average molecular weight is 179 g/mol. The first-order chi connectivity index (χ1) is 6.18. The maximum Gasteiger partial charge on any atom is 0.223 e. The Morgan fingerprint density at radius 1 is 1.46 bits per heavy atom. The molecule has 1 amide bonds. The summed E-state index contributed by atoms with van der Waals surface area (Å²) in [5.41, 5.74) is 6.22. The van der Waals surface area contributed by atoms with E-state index in [4.69, 9.17) is 5.73 Å². The summed E-state index contributed by atoms with van der Waals surface area (Å²) in [6.07, 6.45) is 0.412. The molecular weight excluding hydrogens is 164 g/mol. The van der Waals surface area contributed by atoms with Crippen molar-refractivity contribution in [3.63, 3.8) is 0 Å². The van der Waals surface area contributed by atoms with Crippen LogP contribution >= 0.6 is 0 Å². The SMILES string of the molecule is CC(CC(N)=O)[NH2+]c1ccccc1. The summed E-state index contributed by atoms with van der Waals surface area (Å²) in [4.78, 5) is 10.6. The smallest absolute Gasteiger partial charge is 0.223 e. The van der Waals surface area contributed by atoms with Gasteiger partial charge in [-0.3, -0.25) is 4.79 Å². The van der Waals surface area contributed by atoms with Gasteiger partial charge in [0, 0.05) is 0 Å². The molecule has 0 aliphatic carbocycles. The zero-order valence-electron chi connectivity index (χ0n) is 7.73. The maximum absolute atomic E-state index is 10.6. The molecular formula is C10H15N2O+. The highest BCUT2D eigenvalue weighted by atomic mass is 16.1. The molecule has 0 radical (unpaired) electrons. The zero-order valence-corrected chi connectivity index (χ0v) is 7.73. The fourth-order valence-corrected chi connectivity index (χ4v) is 1.27. The van der Waals surface area contributed by atoms with Crippen LogP contribution in [0, 0.1) is 0 Å². The molecule has 0 fully saturated rings. The molecule has 0 spiro atoms. The van der Waals surface area contributed by atoms with E-state index in [9.17, 15) is 4.79 Å². The number of amides is 1. The molecule has 3 nitrogen and oxygen atoms in total. The quantitative estimate of drug-likeness (QED) is 0.635. The van der Waals surface area contributed by atoms with E-state index in [2.05, 4.69) is 0 Å². The van der Waals surface area contributed by atoms with Gasteiger partial charge in [0.2, 0.25) is 5.91 Å². The summed E-state index contributed by atoms with van der Waals surface area (Å²) in [7, 11) is 0. The highest BCUT2D eigenvalue weighted by Gasteiger charge is 2.08. The Morgan fingerprint density at radius 3 is 2.62 bits per heavy atom. The molecule has 0 saturated heterocycles. The van der Waals surface area contributed by atoms with Gasteiger partial charge in [0.25, 0.3) is 0 Å². The lowest BCUT2D eigenvalue weighted by Crippen LogP contribution is -2.84. The Balaban J connectivity index is 2.45. The minimum Gasteiger partial charge on any atom is -0.369 e. The van der Waals surface area contributed by atoms with Gasteiger partial charge in [0.1, 0.15) is 5.69 Å². The van der Waals surface area contributed by atoms with Crippen LogP contribution in [0.5, 0.6) is 0 Å². The van der Waals surface area contributed by atoms with E-state index in [-0.39, 0.29) is 11.9 Å². The lowest BCUT2D eigenvalue weighted by atomic mass is 10.2. The van der Waals surface area contributed by atoms with Crippen molar-refractivity contribution in [1.29, 1.82) is 0 Å². The molecule has 0 bridgehead atoms. The molecule has 1 aromatic carbocycles. The summed E-state index contributed by atoms with van der Waals surface area (Å²) >= 11 is 0. The van der Waals surface area contributed by atoms with Gasteiger partial charge in [-0.05, 0) is 19.1 Å². The first kappa shape index (κ1) is 9.74. The van der Waals surface area contributed by atoms with Crippen molar-refractivity contribution in [1.82, 2.24) is 0 Å². The average Bonchev–Trinajstić information content (AvgIpc) is 2.04. The molecule has 0 aliphatic heterocycles. The van der Waals surface area contributed by atoms with Crippen molar-refractivity contribution in [3.8, 4) is 0 Å². The Morgan fingerprint density at radius 2 is 2.08 bits per heavy atom. The number of benzene rings is 1. The Labute approximate surface area is 77.9 Å². The summed E-state index contributed by atoms with van der Waals surface area (Å²) < 4.78 is 0. The van der Waals surface area contributed by atoms with Gasteiger partial charge in [0.15, 0.2) is 0 Å². The second-order valence-corrected chi connectivity index (χ2v) is 3.23. The third-order valence-corrected chi connectivity index (χ3v) is 1.80. The number of rotatable bonds is 4. The van der Waals surface area contributed by atoms with E-state index >= 15 is 0 Å². The fourth-order valence-electron chi connectivity index (χ4n) is 1.27. The van der Waals surface area contributed by atoms with Gasteiger partial charge in [0.05, 0.1) is 12.5 Å². The molecule has 1 aromatic rings. The predicted octanol–water partition coefficient (Wildman–Crippen LogP) is 0.145. The Hall–Kier alpha value is -1.35. The lowest BCUT2D eigenvalue weighted by Gasteiger charge is -2.07. The predicted molar refractivity (Wildman–Crippen MR) is 51.3 cm³/mol. The van der Waals surface area contributed by atoms with Gasteiger partial charge in [-0.25, -0.2) is 0 Å². The number of quaternary nitrogens is 1. The standard InChI is InChI=1S/C10H14N2O/c1-8(7-10(11)13)12-9-5-3-2-4-6-9/h2-6,8,12H,7H2,1H3,(H2,11,13)/p+1. The van der Waals surface area contributed by atoms with E-state index in [1.807, 2.05) is 42.6 Å². The molecule has 4 N–H and O–H groups in total. The summed E-state index contributed by atoms with van der Waals surface area (Å²) in [6.45, 7) is 1.98. The third-order valence-electron chi connectivity index (χ3n) is 1.80. The van der Waals surface area contributed by atoms with Crippen molar-refractivity contribution < 1.29 is 10.1 Å². The molecule has 70 valence electrons. The first-order valence-electron chi connectivity index (χ1n) is 4.36. The number of hydrogen-bond donors (Lipinski definition) is 2. The Bertz CT molecular complexity index is 272. The van der Waals surface area contributed by atoms with E-state index < -0.39 is 0 Å². The molecule has 3 heteroatoms. The van der Waals surface area contributed by atoms with Gasteiger partial charge >= 0.3 is 0 Å². The van der Waals surface area contributed by atoms with Crippen LogP contribution in [0.2, 0.25) is 0 Å². The molecule has 1 unspecified atom stereocenters. The first-order valence-corrected chi connectivity index (χ1v) is 4.36. The van der Waals surface area contributed by atoms with E-state index in [1.54, 1.807) is 0 Å². The minimum atomic E-state index is -0.250. The zero-order chi connectivity index (χ0) is 9.68. The van der Waals surface area contributed by atoms with Gasteiger partial charge in [-0.15, -0.1) is 0 Å². The molecule has 0 saturated carbocycles.